The zero-order chi connectivity index (χ0) is 24.1. The lowest BCUT2D eigenvalue weighted by molar-refractivity contribution is -0.169. The Bertz CT molecular complexity index is 930. The van der Waals surface area contributed by atoms with E-state index in [4.69, 9.17) is 4.74 Å². The van der Waals surface area contributed by atoms with Crippen LogP contribution in [0.15, 0.2) is 54.6 Å². The third-order valence-electron chi connectivity index (χ3n) is 7.03. The minimum absolute atomic E-state index is 0.0623. The smallest absolute Gasteiger partial charge is 0.241 e. The summed E-state index contributed by atoms with van der Waals surface area (Å²) in [5.41, 5.74) is 0.563. The topological polar surface area (TPSA) is 65.0 Å². The molecular weight excluding hydrogens is 446 g/mol. The van der Waals surface area contributed by atoms with Gasteiger partial charge in [0.1, 0.15) is 23.3 Å². The van der Waals surface area contributed by atoms with E-state index in [9.17, 15) is 9.90 Å². The Kier molecular flexibility index (Phi) is 8.19. The first-order valence-electron chi connectivity index (χ1n) is 12.3. The monoisotopic (exact) mass is 483 g/mol. The minimum atomic E-state index is -0.670. The van der Waals surface area contributed by atoms with E-state index in [0.717, 1.165) is 37.6 Å². The van der Waals surface area contributed by atoms with E-state index in [2.05, 4.69) is 48.8 Å². The fourth-order valence-corrected chi connectivity index (χ4v) is 5.48. The molecule has 2 aromatic rings. The van der Waals surface area contributed by atoms with Gasteiger partial charge in [0.15, 0.2) is 0 Å². The second-order valence-corrected chi connectivity index (χ2v) is 10.4. The highest BCUT2D eigenvalue weighted by molar-refractivity contribution is 7.80. The number of thiol groups is 1. The van der Waals surface area contributed by atoms with Crippen LogP contribution in [0.3, 0.4) is 0 Å². The lowest BCUT2D eigenvalue weighted by Gasteiger charge is -2.54. The second kappa shape index (κ2) is 11.1. The van der Waals surface area contributed by atoms with E-state index in [-0.39, 0.29) is 11.9 Å². The van der Waals surface area contributed by atoms with Crippen molar-refractivity contribution in [1.29, 1.82) is 0 Å². The van der Waals surface area contributed by atoms with Gasteiger partial charge in [0.2, 0.25) is 5.91 Å². The highest BCUT2D eigenvalue weighted by atomic mass is 32.1. The number of carbonyl (C=O) groups excluding carboxylic acids is 1. The summed E-state index contributed by atoms with van der Waals surface area (Å²) in [5.74, 6) is 2.72. The van der Waals surface area contributed by atoms with E-state index < -0.39 is 11.8 Å². The number of carbonyl (C=O) groups is 1. The van der Waals surface area contributed by atoms with Crippen molar-refractivity contribution in [2.24, 2.45) is 5.92 Å². The molecule has 7 heteroatoms. The fourth-order valence-electron chi connectivity index (χ4n) is 5.26. The Hall–Kier alpha value is -2.06. The van der Waals surface area contributed by atoms with Gasteiger partial charge in [0.25, 0.3) is 0 Å². The van der Waals surface area contributed by atoms with Crippen LogP contribution in [-0.2, 0) is 11.3 Å². The predicted octanol–water partition coefficient (Wildman–Crippen LogP) is 3.91. The van der Waals surface area contributed by atoms with Crippen molar-refractivity contribution in [1.82, 2.24) is 15.1 Å². The van der Waals surface area contributed by atoms with E-state index >= 15 is 0 Å². The molecule has 2 atom stereocenters. The number of amides is 1. The third-order valence-corrected chi connectivity index (χ3v) is 7.23. The van der Waals surface area contributed by atoms with E-state index in [0.29, 0.717) is 31.1 Å². The Morgan fingerprint density at radius 1 is 1.09 bits per heavy atom. The number of hydrogen-bond acceptors (Lipinski definition) is 6. The van der Waals surface area contributed by atoms with Gasteiger partial charge in [-0.05, 0) is 55.0 Å². The van der Waals surface area contributed by atoms with Crippen LogP contribution < -0.4 is 10.1 Å². The van der Waals surface area contributed by atoms with Crippen LogP contribution in [0.4, 0.5) is 0 Å². The molecule has 2 heterocycles. The normalized spacial score (nSPS) is 23.3. The summed E-state index contributed by atoms with van der Waals surface area (Å²) in [6.07, 6.45) is 1.50. The molecule has 0 saturated carbocycles. The van der Waals surface area contributed by atoms with Crippen LogP contribution in [0.2, 0.25) is 0 Å². The Labute approximate surface area is 208 Å². The first-order chi connectivity index (χ1) is 16.4. The largest absolute Gasteiger partial charge is 0.457 e. The van der Waals surface area contributed by atoms with Crippen molar-refractivity contribution in [2.45, 2.75) is 57.5 Å². The van der Waals surface area contributed by atoms with Gasteiger partial charge < -0.3 is 15.2 Å². The molecule has 34 heavy (non-hydrogen) atoms. The maximum atomic E-state index is 13.3. The number of nitrogens with one attached hydrogen (secondary N) is 1. The number of piperazine rings is 1. The average molecular weight is 484 g/mol. The van der Waals surface area contributed by atoms with Gasteiger partial charge in [-0.15, -0.1) is 0 Å². The molecule has 0 aliphatic carbocycles. The summed E-state index contributed by atoms with van der Waals surface area (Å²) < 4.78 is 5.89. The lowest BCUT2D eigenvalue weighted by Crippen LogP contribution is -2.74. The number of aliphatic hydroxyl groups excluding tert-OH is 1. The number of aliphatic hydroxyl groups is 1. The van der Waals surface area contributed by atoms with Gasteiger partial charge in [-0.3, -0.25) is 14.6 Å². The van der Waals surface area contributed by atoms with Gasteiger partial charge in [0.05, 0.1) is 6.04 Å². The molecule has 6 nitrogen and oxygen atoms in total. The highest BCUT2D eigenvalue weighted by Crippen LogP contribution is 2.36. The quantitative estimate of drug-likeness (QED) is 0.497. The molecule has 0 bridgehead atoms. The van der Waals surface area contributed by atoms with Gasteiger partial charge in [0, 0.05) is 31.9 Å². The number of likely N-dealkylation sites (tertiary alicyclic amines) is 1. The zero-order valence-electron chi connectivity index (χ0n) is 20.2. The molecule has 0 radical (unpaired) electrons. The first kappa shape index (κ1) is 25.0. The standard InChI is InChI=1S/C27H37N3O3S/c1-20(2)18-24-25(31)30(16-17-34)27(26(32)28-24)12-14-29(15-13-27)19-21-8-10-23(11-9-21)33-22-6-4-3-5-7-22/h3-11,20,24-25,31,34H,12-19H2,1-2H3,(H,28,32). The number of benzene rings is 2. The summed E-state index contributed by atoms with van der Waals surface area (Å²) in [6.45, 7) is 7.28. The lowest BCUT2D eigenvalue weighted by atomic mass is 9.80. The van der Waals surface area contributed by atoms with Crippen molar-refractivity contribution >= 4 is 18.5 Å². The molecule has 2 saturated heterocycles. The summed E-state index contributed by atoms with van der Waals surface area (Å²) in [6, 6.07) is 17.7. The maximum Gasteiger partial charge on any atom is 0.241 e. The fraction of sp³-hybridized carbons (Fsp3) is 0.519. The summed E-state index contributed by atoms with van der Waals surface area (Å²) in [7, 11) is 0. The van der Waals surface area contributed by atoms with E-state index in [1.165, 1.54) is 5.56 Å². The number of rotatable bonds is 8. The van der Waals surface area contributed by atoms with Crippen LogP contribution in [0.5, 0.6) is 11.5 Å². The van der Waals surface area contributed by atoms with Gasteiger partial charge in [-0.25, -0.2) is 0 Å². The van der Waals surface area contributed by atoms with Crippen molar-refractivity contribution in [3.8, 4) is 11.5 Å². The van der Waals surface area contributed by atoms with E-state index in [1.54, 1.807) is 0 Å². The summed E-state index contributed by atoms with van der Waals surface area (Å²) >= 11 is 4.42. The first-order valence-corrected chi connectivity index (χ1v) is 13.0. The minimum Gasteiger partial charge on any atom is -0.457 e. The van der Waals surface area contributed by atoms with Gasteiger partial charge in [-0.2, -0.15) is 12.6 Å². The highest BCUT2D eigenvalue weighted by Gasteiger charge is 2.53. The molecule has 184 valence electrons. The van der Waals surface area contributed by atoms with Crippen molar-refractivity contribution in [2.75, 3.05) is 25.4 Å². The van der Waals surface area contributed by atoms with Crippen LogP contribution in [0, 0.1) is 5.92 Å². The molecular formula is C27H37N3O3S. The number of hydrogen-bond donors (Lipinski definition) is 3. The Balaban J connectivity index is 1.37. The average Bonchev–Trinajstić information content (AvgIpc) is 2.83. The molecule has 2 N–H and O–H groups in total. The van der Waals surface area contributed by atoms with Crippen molar-refractivity contribution in [3.63, 3.8) is 0 Å². The number of piperidine rings is 1. The summed E-state index contributed by atoms with van der Waals surface area (Å²) in [5, 5.41) is 14.3. The molecule has 0 aromatic heterocycles. The van der Waals surface area contributed by atoms with Crippen LogP contribution in [0.25, 0.3) is 0 Å². The molecule has 1 spiro atoms. The van der Waals surface area contributed by atoms with Crippen LogP contribution in [0.1, 0.15) is 38.7 Å². The number of nitrogens with zero attached hydrogens (tertiary/aromatic N) is 2. The number of ether oxygens (including phenoxy) is 1. The van der Waals surface area contributed by atoms with Gasteiger partial charge >= 0.3 is 0 Å². The molecule has 1 amide bonds. The van der Waals surface area contributed by atoms with Crippen LogP contribution >= 0.6 is 12.6 Å². The van der Waals surface area contributed by atoms with Crippen LogP contribution in [-0.4, -0.2) is 64.0 Å². The predicted molar refractivity (Wildman–Crippen MR) is 138 cm³/mol. The van der Waals surface area contributed by atoms with Crippen molar-refractivity contribution in [3.05, 3.63) is 60.2 Å². The van der Waals surface area contributed by atoms with Gasteiger partial charge in [-0.1, -0.05) is 44.2 Å². The Morgan fingerprint density at radius 2 is 1.74 bits per heavy atom. The third kappa shape index (κ3) is 5.60. The maximum absolute atomic E-state index is 13.3. The van der Waals surface area contributed by atoms with Crippen molar-refractivity contribution < 1.29 is 14.6 Å². The zero-order valence-corrected chi connectivity index (χ0v) is 21.1. The number of para-hydroxylation sites is 1. The molecule has 2 aromatic carbocycles. The Morgan fingerprint density at radius 3 is 2.35 bits per heavy atom. The summed E-state index contributed by atoms with van der Waals surface area (Å²) in [4.78, 5) is 17.7. The molecule has 2 unspecified atom stereocenters. The van der Waals surface area contributed by atoms with E-state index in [1.807, 2.05) is 47.4 Å². The molecule has 2 fully saturated rings. The second-order valence-electron chi connectivity index (χ2n) is 9.91. The molecule has 2 aliphatic rings. The SMILES string of the molecule is CC(C)CC1NC(=O)C2(CCN(Cc3ccc(Oc4ccccc4)cc3)CC2)N(CCS)C1O. The molecule has 2 aliphatic heterocycles. The molecule has 4 rings (SSSR count).